The lowest BCUT2D eigenvalue weighted by Gasteiger charge is -2.23. The average Bonchev–Trinajstić information content (AvgIpc) is 3.13. The van der Waals surface area contributed by atoms with E-state index in [9.17, 15) is 13.6 Å². The van der Waals surface area contributed by atoms with Crippen LogP contribution in [0.1, 0.15) is 30.1 Å². The lowest BCUT2D eigenvalue weighted by atomic mass is 9.97. The lowest BCUT2D eigenvalue weighted by Crippen LogP contribution is -2.33. The van der Waals surface area contributed by atoms with Gasteiger partial charge in [0.2, 0.25) is 5.91 Å². The summed E-state index contributed by atoms with van der Waals surface area (Å²) in [7, 11) is 0. The fourth-order valence-electron chi connectivity index (χ4n) is 3.32. The average molecular weight is 369 g/mol. The van der Waals surface area contributed by atoms with Crippen LogP contribution >= 0.6 is 0 Å². The van der Waals surface area contributed by atoms with Crippen molar-refractivity contribution in [3.05, 3.63) is 65.7 Å². The van der Waals surface area contributed by atoms with Gasteiger partial charge < -0.3 is 9.88 Å². The smallest absolute Gasteiger partial charge is 0.231 e. The largest absolute Gasteiger partial charge is 0.351 e. The number of aromatic nitrogens is 4. The molecular weight excluding hydrogens is 352 g/mol. The first-order chi connectivity index (χ1) is 13.1. The second-order valence-electron chi connectivity index (χ2n) is 6.42. The number of carbonyl (C=O) groups is 1. The fraction of sp³-hybridized carbons (Fsp3) is 0.263. The summed E-state index contributed by atoms with van der Waals surface area (Å²) < 4.78 is 29.0. The highest BCUT2D eigenvalue weighted by atomic mass is 19.1. The van der Waals surface area contributed by atoms with Crippen molar-refractivity contribution in [2.45, 2.75) is 31.8 Å². The monoisotopic (exact) mass is 369 g/mol. The maximum absolute atomic E-state index is 13.7. The number of carbonyl (C=O) groups excluding carboxylic acids is 1. The van der Waals surface area contributed by atoms with Crippen molar-refractivity contribution in [1.82, 2.24) is 25.1 Å². The van der Waals surface area contributed by atoms with Crippen molar-refractivity contribution in [1.29, 1.82) is 0 Å². The van der Waals surface area contributed by atoms with Gasteiger partial charge in [-0.05, 0) is 43.2 Å². The van der Waals surface area contributed by atoms with Gasteiger partial charge in [0.15, 0.2) is 5.82 Å². The van der Waals surface area contributed by atoms with Crippen molar-refractivity contribution < 1.29 is 13.6 Å². The molecule has 0 aliphatic carbocycles. The van der Waals surface area contributed by atoms with Crippen molar-refractivity contribution in [3.63, 3.8) is 0 Å². The molecule has 6 nitrogen and oxygen atoms in total. The Kier molecular flexibility index (Phi) is 4.62. The van der Waals surface area contributed by atoms with Crippen LogP contribution in [0.15, 0.2) is 42.7 Å². The summed E-state index contributed by atoms with van der Waals surface area (Å²) >= 11 is 0. The molecule has 1 atom stereocenters. The van der Waals surface area contributed by atoms with E-state index in [0.717, 1.165) is 36.7 Å². The van der Waals surface area contributed by atoms with Crippen molar-refractivity contribution in [2.24, 2.45) is 0 Å². The summed E-state index contributed by atoms with van der Waals surface area (Å²) in [5.74, 6) is -0.554. The van der Waals surface area contributed by atoms with E-state index in [1.807, 2.05) is 16.7 Å². The number of hydrogen-bond donors (Lipinski definition) is 1. The van der Waals surface area contributed by atoms with Crippen molar-refractivity contribution >= 4 is 5.91 Å². The van der Waals surface area contributed by atoms with Gasteiger partial charge in [0.25, 0.3) is 0 Å². The maximum Gasteiger partial charge on any atom is 0.231 e. The number of amides is 1. The van der Waals surface area contributed by atoms with E-state index in [1.54, 1.807) is 12.4 Å². The highest BCUT2D eigenvalue weighted by molar-refractivity contribution is 5.83. The van der Waals surface area contributed by atoms with Crippen LogP contribution in [0.5, 0.6) is 0 Å². The minimum Gasteiger partial charge on any atom is -0.351 e. The molecule has 3 heterocycles. The zero-order valence-corrected chi connectivity index (χ0v) is 14.4. The van der Waals surface area contributed by atoms with E-state index in [2.05, 4.69) is 20.5 Å². The summed E-state index contributed by atoms with van der Waals surface area (Å²) in [6.45, 7) is 0.645. The number of halogens is 2. The van der Waals surface area contributed by atoms with Gasteiger partial charge in [-0.25, -0.2) is 8.78 Å². The highest BCUT2D eigenvalue weighted by Gasteiger charge is 2.31. The van der Waals surface area contributed by atoms with Gasteiger partial charge in [0, 0.05) is 36.6 Å². The Morgan fingerprint density at radius 3 is 2.81 bits per heavy atom. The molecule has 1 aromatic carbocycles. The Balaban J connectivity index is 1.53. The first-order valence-electron chi connectivity index (χ1n) is 8.68. The van der Waals surface area contributed by atoms with E-state index in [4.69, 9.17) is 0 Å². The third-order valence-electron chi connectivity index (χ3n) is 4.68. The number of rotatable bonds is 4. The van der Waals surface area contributed by atoms with Gasteiger partial charge in [-0.15, -0.1) is 10.2 Å². The molecular formula is C19H17F2N5O. The summed E-state index contributed by atoms with van der Waals surface area (Å²) in [5, 5.41) is 11.2. The van der Waals surface area contributed by atoms with Gasteiger partial charge in [-0.3, -0.25) is 9.78 Å². The van der Waals surface area contributed by atoms with Gasteiger partial charge >= 0.3 is 0 Å². The molecule has 8 heteroatoms. The van der Waals surface area contributed by atoms with Crippen LogP contribution in [-0.2, 0) is 17.9 Å². The number of fused-ring (bicyclic) bond motifs is 1. The molecule has 138 valence electrons. The number of benzene rings is 1. The third-order valence-corrected chi connectivity index (χ3v) is 4.68. The molecule has 0 saturated heterocycles. The predicted molar refractivity (Wildman–Crippen MR) is 93.4 cm³/mol. The van der Waals surface area contributed by atoms with E-state index in [1.165, 1.54) is 0 Å². The molecule has 27 heavy (non-hydrogen) atoms. The molecule has 0 radical (unpaired) electrons. The quantitative estimate of drug-likeness (QED) is 0.768. The molecule has 0 fully saturated rings. The van der Waals surface area contributed by atoms with Gasteiger partial charge in [0.1, 0.15) is 17.5 Å². The molecule has 4 rings (SSSR count). The van der Waals surface area contributed by atoms with Crippen LogP contribution < -0.4 is 5.32 Å². The fourth-order valence-corrected chi connectivity index (χ4v) is 3.32. The predicted octanol–water partition coefficient (Wildman–Crippen LogP) is 2.81. The zero-order chi connectivity index (χ0) is 18.8. The summed E-state index contributed by atoms with van der Waals surface area (Å²) in [6.07, 6.45) is 4.79. The molecule has 2 aromatic heterocycles. The highest BCUT2D eigenvalue weighted by Crippen LogP contribution is 2.30. The van der Waals surface area contributed by atoms with Gasteiger partial charge in [0.05, 0.1) is 5.92 Å². The molecule has 1 aliphatic rings. The Morgan fingerprint density at radius 2 is 2.00 bits per heavy atom. The number of hydrogen-bond acceptors (Lipinski definition) is 4. The van der Waals surface area contributed by atoms with Gasteiger partial charge in [-0.2, -0.15) is 0 Å². The van der Waals surface area contributed by atoms with Crippen LogP contribution in [0.25, 0.3) is 11.4 Å². The minimum absolute atomic E-state index is 0.0791. The standard InChI is InChI=1S/C19H17F2N5O/c20-14-3-4-16(21)13(10-14)11-23-19(27)15-2-1-9-26-17(24-25-18(15)26)12-5-7-22-8-6-12/h3-8,10,15H,1-2,9,11H2,(H,23,27). The third kappa shape index (κ3) is 3.42. The Morgan fingerprint density at radius 1 is 1.19 bits per heavy atom. The summed E-state index contributed by atoms with van der Waals surface area (Å²) in [4.78, 5) is 16.7. The molecule has 1 N–H and O–H groups in total. The molecule has 3 aromatic rings. The number of pyridine rings is 1. The Labute approximate surface area is 154 Å². The molecule has 1 unspecified atom stereocenters. The van der Waals surface area contributed by atoms with Crippen LogP contribution in [0.3, 0.4) is 0 Å². The molecule has 1 aliphatic heterocycles. The number of nitrogens with one attached hydrogen (secondary N) is 1. The van der Waals surface area contributed by atoms with Gasteiger partial charge in [-0.1, -0.05) is 0 Å². The van der Waals surface area contributed by atoms with E-state index in [0.29, 0.717) is 18.1 Å². The minimum atomic E-state index is -0.552. The van der Waals surface area contributed by atoms with E-state index < -0.39 is 17.6 Å². The first-order valence-corrected chi connectivity index (χ1v) is 8.68. The summed E-state index contributed by atoms with van der Waals surface area (Å²) in [6, 6.07) is 6.86. The second-order valence-corrected chi connectivity index (χ2v) is 6.42. The first kappa shape index (κ1) is 17.3. The van der Waals surface area contributed by atoms with Crippen LogP contribution in [0, 0.1) is 11.6 Å². The maximum atomic E-state index is 13.7. The Hall–Kier alpha value is -3.16. The van der Waals surface area contributed by atoms with Crippen molar-refractivity contribution in [2.75, 3.05) is 0 Å². The van der Waals surface area contributed by atoms with Crippen LogP contribution in [0.2, 0.25) is 0 Å². The molecule has 0 saturated carbocycles. The van der Waals surface area contributed by atoms with Crippen LogP contribution in [0.4, 0.5) is 8.78 Å². The van der Waals surface area contributed by atoms with E-state index in [-0.39, 0.29) is 18.0 Å². The van der Waals surface area contributed by atoms with Crippen LogP contribution in [-0.4, -0.2) is 25.7 Å². The normalized spacial score (nSPS) is 16.0. The molecule has 0 spiro atoms. The lowest BCUT2D eigenvalue weighted by molar-refractivity contribution is -0.123. The van der Waals surface area contributed by atoms with Crippen molar-refractivity contribution in [3.8, 4) is 11.4 Å². The SMILES string of the molecule is O=C(NCc1cc(F)ccc1F)C1CCCn2c(-c3ccncc3)nnc21. The second kappa shape index (κ2) is 7.22. The number of nitrogens with zero attached hydrogens (tertiary/aromatic N) is 4. The topological polar surface area (TPSA) is 72.7 Å². The summed E-state index contributed by atoms with van der Waals surface area (Å²) in [5.41, 5.74) is 0.991. The molecule has 1 amide bonds. The Bertz CT molecular complexity index is 973. The zero-order valence-electron chi connectivity index (χ0n) is 14.4. The van der Waals surface area contributed by atoms with E-state index >= 15 is 0 Å². The molecule has 0 bridgehead atoms.